The maximum Gasteiger partial charge on any atom is 0.258 e. The third kappa shape index (κ3) is 3.77. The van der Waals surface area contributed by atoms with Crippen molar-refractivity contribution >= 4 is 16.9 Å². The van der Waals surface area contributed by atoms with E-state index in [2.05, 4.69) is 15.4 Å². The van der Waals surface area contributed by atoms with Crippen LogP contribution in [0, 0.1) is 13.8 Å². The predicted molar refractivity (Wildman–Crippen MR) is 112 cm³/mol. The molecule has 1 N–H and O–H groups in total. The molecule has 0 fully saturated rings. The Hall–Kier alpha value is -3.29. The Balaban J connectivity index is 1.47. The molecule has 3 aromatic rings. The number of hydrogen-bond donors (Lipinski definition) is 1. The fraction of sp³-hybridized carbons (Fsp3) is 0.409. The van der Waals surface area contributed by atoms with Gasteiger partial charge in [0.05, 0.1) is 10.9 Å². The molecule has 0 unspecified atom stereocenters. The summed E-state index contributed by atoms with van der Waals surface area (Å²) in [5.41, 5.74) is 2.96. The van der Waals surface area contributed by atoms with Crippen molar-refractivity contribution in [2.24, 2.45) is 7.05 Å². The van der Waals surface area contributed by atoms with Crippen LogP contribution >= 0.6 is 0 Å². The molecule has 0 saturated heterocycles. The molecule has 0 bridgehead atoms. The molecular weight excluding hydrogens is 384 g/mol. The van der Waals surface area contributed by atoms with Crippen LogP contribution in [0.25, 0.3) is 11.0 Å². The Kier molecular flexibility index (Phi) is 5.01. The molecule has 1 aliphatic heterocycles. The SMILES string of the molecule is Cc1cc(C)c2c(OCC(=O)NC(C)(C)c3ccc4c(c3)OCCO4)nn(C)c2n1. The number of aryl methyl sites for hydroxylation is 3. The van der Waals surface area contributed by atoms with Crippen LogP contribution in [0.2, 0.25) is 0 Å². The molecule has 158 valence electrons. The van der Waals surface area contributed by atoms with Crippen LogP contribution < -0.4 is 19.5 Å². The topological polar surface area (TPSA) is 87.5 Å². The number of benzene rings is 1. The van der Waals surface area contributed by atoms with Crippen LogP contribution in [0.1, 0.15) is 30.7 Å². The van der Waals surface area contributed by atoms with Crippen LogP contribution in [-0.2, 0) is 17.4 Å². The van der Waals surface area contributed by atoms with Gasteiger partial charge in [-0.3, -0.25) is 4.79 Å². The minimum Gasteiger partial charge on any atom is -0.486 e. The van der Waals surface area contributed by atoms with E-state index in [1.165, 1.54) is 0 Å². The molecule has 1 aliphatic rings. The number of carbonyl (C=O) groups excluding carboxylic acids is 1. The van der Waals surface area contributed by atoms with Crippen molar-refractivity contribution in [3.05, 3.63) is 41.1 Å². The summed E-state index contributed by atoms with van der Waals surface area (Å²) in [4.78, 5) is 17.1. The first-order valence-corrected chi connectivity index (χ1v) is 9.89. The second kappa shape index (κ2) is 7.51. The van der Waals surface area contributed by atoms with Gasteiger partial charge in [0.2, 0.25) is 5.88 Å². The van der Waals surface area contributed by atoms with Gasteiger partial charge in [0.1, 0.15) is 13.2 Å². The molecule has 30 heavy (non-hydrogen) atoms. The van der Waals surface area contributed by atoms with Crippen LogP contribution in [-0.4, -0.2) is 40.5 Å². The van der Waals surface area contributed by atoms with E-state index in [0.717, 1.165) is 33.6 Å². The van der Waals surface area contributed by atoms with Crippen LogP contribution in [0.4, 0.5) is 0 Å². The highest BCUT2D eigenvalue weighted by atomic mass is 16.6. The quantitative estimate of drug-likeness (QED) is 0.696. The smallest absolute Gasteiger partial charge is 0.258 e. The molecule has 1 amide bonds. The molecule has 2 aromatic heterocycles. The number of rotatable bonds is 5. The van der Waals surface area contributed by atoms with E-state index in [9.17, 15) is 4.79 Å². The molecule has 3 heterocycles. The zero-order valence-electron chi connectivity index (χ0n) is 17.9. The third-order valence-corrected chi connectivity index (χ3v) is 5.14. The Morgan fingerprint density at radius 2 is 1.93 bits per heavy atom. The highest BCUT2D eigenvalue weighted by molar-refractivity contribution is 5.86. The van der Waals surface area contributed by atoms with E-state index in [4.69, 9.17) is 14.2 Å². The highest BCUT2D eigenvalue weighted by Crippen LogP contribution is 2.34. The van der Waals surface area contributed by atoms with Gasteiger partial charge < -0.3 is 19.5 Å². The van der Waals surface area contributed by atoms with Crippen LogP contribution in [0.3, 0.4) is 0 Å². The van der Waals surface area contributed by atoms with Crippen molar-refractivity contribution in [1.82, 2.24) is 20.1 Å². The van der Waals surface area contributed by atoms with E-state index < -0.39 is 5.54 Å². The van der Waals surface area contributed by atoms with E-state index >= 15 is 0 Å². The number of amides is 1. The lowest BCUT2D eigenvalue weighted by Gasteiger charge is -2.28. The van der Waals surface area contributed by atoms with Crippen molar-refractivity contribution in [3.63, 3.8) is 0 Å². The van der Waals surface area contributed by atoms with Gasteiger partial charge in [0.15, 0.2) is 23.8 Å². The molecule has 1 aromatic carbocycles. The highest BCUT2D eigenvalue weighted by Gasteiger charge is 2.26. The van der Waals surface area contributed by atoms with Gasteiger partial charge in [-0.1, -0.05) is 6.07 Å². The van der Waals surface area contributed by atoms with Crippen molar-refractivity contribution in [2.45, 2.75) is 33.2 Å². The number of fused-ring (bicyclic) bond motifs is 2. The molecule has 0 radical (unpaired) electrons. The largest absolute Gasteiger partial charge is 0.486 e. The van der Waals surface area contributed by atoms with Gasteiger partial charge in [-0.05, 0) is 57.0 Å². The minimum absolute atomic E-state index is 0.145. The average Bonchev–Trinajstić information content (AvgIpc) is 3.01. The Morgan fingerprint density at radius 1 is 1.20 bits per heavy atom. The lowest BCUT2D eigenvalue weighted by atomic mass is 9.93. The molecule has 0 aliphatic carbocycles. The normalized spacial score (nSPS) is 13.4. The number of aromatic nitrogens is 3. The Morgan fingerprint density at radius 3 is 2.70 bits per heavy atom. The van der Waals surface area contributed by atoms with Gasteiger partial charge in [-0.2, -0.15) is 0 Å². The Bertz CT molecular complexity index is 1120. The summed E-state index contributed by atoms with van der Waals surface area (Å²) in [5.74, 6) is 1.57. The summed E-state index contributed by atoms with van der Waals surface area (Å²) in [6, 6.07) is 7.67. The summed E-state index contributed by atoms with van der Waals surface area (Å²) in [7, 11) is 1.81. The molecular formula is C22H26N4O4. The monoisotopic (exact) mass is 410 g/mol. The number of nitrogens with zero attached hydrogens (tertiary/aromatic N) is 3. The average molecular weight is 410 g/mol. The number of hydrogen-bond acceptors (Lipinski definition) is 6. The summed E-state index contributed by atoms with van der Waals surface area (Å²) in [6.07, 6.45) is 0. The molecule has 0 spiro atoms. The second-order valence-corrected chi connectivity index (χ2v) is 8.03. The van der Waals surface area contributed by atoms with E-state index in [-0.39, 0.29) is 12.5 Å². The van der Waals surface area contributed by atoms with Gasteiger partial charge in [0, 0.05) is 12.7 Å². The lowest BCUT2D eigenvalue weighted by Crippen LogP contribution is -2.43. The predicted octanol–water partition coefficient (Wildman–Crippen LogP) is 2.79. The third-order valence-electron chi connectivity index (χ3n) is 5.14. The van der Waals surface area contributed by atoms with E-state index in [1.54, 1.807) is 4.68 Å². The van der Waals surface area contributed by atoms with Crippen LogP contribution in [0.15, 0.2) is 24.3 Å². The first kappa shape index (κ1) is 20.0. The standard InChI is InChI=1S/C22H26N4O4/c1-13-10-14(2)23-20-19(13)21(25-26(20)5)30-12-18(27)24-22(3,4)15-6-7-16-17(11-15)29-9-8-28-16/h6-7,10-11H,8-9,12H2,1-5H3,(H,24,27). The summed E-state index contributed by atoms with van der Waals surface area (Å²) in [6.45, 7) is 8.70. The molecule has 0 saturated carbocycles. The lowest BCUT2D eigenvalue weighted by molar-refractivity contribution is -0.124. The fourth-order valence-electron chi connectivity index (χ4n) is 3.67. The summed E-state index contributed by atoms with van der Waals surface area (Å²) in [5, 5.41) is 8.23. The van der Waals surface area contributed by atoms with E-state index in [0.29, 0.717) is 24.8 Å². The molecule has 0 atom stereocenters. The first-order chi connectivity index (χ1) is 14.2. The number of pyridine rings is 1. The number of nitrogens with one attached hydrogen (secondary N) is 1. The van der Waals surface area contributed by atoms with Gasteiger partial charge in [-0.25, -0.2) is 9.67 Å². The number of carbonyl (C=O) groups is 1. The summed E-state index contributed by atoms with van der Waals surface area (Å²) >= 11 is 0. The first-order valence-electron chi connectivity index (χ1n) is 9.89. The van der Waals surface area contributed by atoms with E-state index in [1.807, 2.05) is 59.0 Å². The zero-order chi connectivity index (χ0) is 21.5. The van der Waals surface area contributed by atoms with Crippen molar-refractivity contribution in [1.29, 1.82) is 0 Å². The van der Waals surface area contributed by atoms with Gasteiger partial charge in [0.25, 0.3) is 5.91 Å². The maximum atomic E-state index is 12.6. The molecule has 8 nitrogen and oxygen atoms in total. The van der Waals surface area contributed by atoms with Crippen LogP contribution in [0.5, 0.6) is 17.4 Å². The second-order valence-electron chi connectivity index (χ2n) is 8.03. The minimum atomic E-state index is -0.614. The maximum absolute atomic E-state index is 12.6. The van der Waals surface area contributed by atoms with Gasteiger partial charge >= 0.3 is 0 Å². The van der Waals surface area contributed by atoms with Gasteiger partial charge in [-0.15, -0.1) is 5.10 Å². The van der Waals surface area contributed by atoms with Crippen molar-refractivity contribution < 1.29 is 19.0 Å². The van der Waals surface area contributed by atoms with Crippen molar-refractivity contribution in [2.75, 3.05) is 19.8 Å². The Labute approximate surface area is 175 Å². The fourth-order valence-corrected chi connectivity index (χ4v) is 3.67. The summed E-state index contributed by atoms with van der Waals surface area (Å²) < 4.78 is 18.7. The van der Waals surface area contributed by atoms with Crippen molar-refractivity contribution in [3.8, 4) is 17.4 Å². The molecule has 8 heteroatoms. The zero-order valence-corrected chi connectivity index (χ0v) is 17.9. The molecule has 4 rings (SSSR count). The number of ether oxygens (including phenoxy) is 3.